The Morgan fingerprint density at radius 1 is 0.481 bits per heavy atom. The van der Waals surface area contributed by atoms with Gasteiger partial charge in [0.05, 0.1) is 0 Å². The zero-order valence-electron chi connectivity index (χ0n) is 15.6. The van der Waals surface area contributed by atoms with E-state index >= 15 is 0 Å². The monoisotopic (exact) mass is 392 g/mol. The second-order valence-electron chi connectivity index (χ2n) is 5.38. The van der Waals surface area contributed by atoms with Crippen molar-refractivity contribution in [3.63, 3.8) is 0 Å². The number of para-hydroxylation sites is 1. The van der Waals surface area contributed by atoms with Crippen molar-refractivity contribution in [2.24, 2.45) is 0 Å². The summed E-state index contributed by atoms with van der Waals surface area (Å²) in [6, 6.07) is 30.5. The van der Waals surface area contributed by atoms with Crippen LogP contribution in [0.5, 0.6) is 11.5 Å². The van der Waals surface area contributed by atoms with Gasteiger partial charge in [-0.3, -0.25) is 0 Å². The summed E-state index contributed by atoms with van der Waals surface area (Å²) in [6.07, 6.45) is 0. The van der Waals surface area contributed by atoms with Crippen molar-refractivity contribution in [3.05, 3.63) is 112 Å². The smallest absolute Gasteiger partial charge is 0.507 e. The Labute approximate surface area is 177 Å². The van der Waals surface area contributed by atoms with Gasteiger partial charge in [-0.1, -0.05) is 84.9 Å². The molecule has 0 unspecified atom stereocenters. The number of phenols is 2. The van der Waals surface area contributed by atoms with E-state index < -0.39 is 0 Å². The minimum Gasteiger partial charge on any atom is -0.507 e. The van der Waals surface area contributed by atoms with E-state index in [4.69, 9.17) is 0 Å². The van der Waals surface area contributed by atoms with Crippen LogP contribution in [0.4, 0.5) is 0 Å². The summed E-state index contributed by atoms with van der Waals surface area (Å²) < 4.78 is 0. The van der Waals surface area contributed by atoms with Crippen molar-refractivity contribution >= 4 is 10.8 Å². The first-order valence-corrected chi connectivity index (χ1v) is 7.76. The second-order valence-corrected chi connectivity index (χ2v) is 5.38. The molecule has 2 N–H and O–H groups in total. The maximum absolute atomic E-state index is 9.56. The Hall–Kier alpha value is -2.55. The first-order chi connectivity index (χ1) is 11.8. The average Bonchev–Trinajstić information content (AvgIpc) is 2.64. The molecular weight excluding hydrogens is 368 g/mol. The fourth-order valence-electron chi connectivity index (χ4n) is 2.54. The molecule has 0 radical (unpaired) electrons. The molecule has 0 spiro atoms. The van der Waals surface area contributed by atoms with Crippen molar-refractivity contribution < 1.29 is 31.9 Å². The zero-order valence-corrected chi connectivity index (χ0v) is 17.2. The standard InChI is InChI=1S/C12H10O.C10H8O.2CH3.Ti/c13-12-9-5-4-8-11(12)10-6-2-1-3-7-10;11-10-7-3-5-8-4-1-2-6-9(8)10;;;/h1-9,13H;1-7,11H;2*1H3;/q;;2*-1;+2. The molecule has 0 saturated heterocycles. The van der Waals surface area contributed by atoms with Gasteiger partial charge in [0, 0.05) is 10.9 Å². The van der Waals surface area contributed by atoms with E-state index in [1.54, 1.807) is 12.1 Å². The van der Waals surface area contributed by atoms with Gasteiger partial charge in [0.1, 0.15) is 11.5 Å². The van der Waals surface area contributed by atoms with Crippen LogP contribution in [-0.2, 0) is 21.7 Å². The van der Waals surface area contributed by atoms with Crippen LogP contribution in [0, 0.1) is 14.9 Å². The molecule has 4 rings (SSSR count). The first kappa shape index (κ1) is 24.5. The molecule has 0 atom stereocenters. The van der Waals surface area contributed by atoms with Crippen LogP contribution in [0.2, 0.25) is 0 Å². The molecule has 0 fully saturated rings. The van der Waals surface area contributed by atoms with E-state index in [1.165, 1.54) is 0 Å². The van der Waals surface area contributed by atoms with Gasteiger partial charge >= 0.3 is 21.7 Å². The fourth-order valence-corrected chi connectivity index (χ4v) is 2.54. The molecule has 0 bridgehead atoms. The molecular formula is C24H24O2Ti. The predicted molar refractivity (Wildman–Crippen MR) is 112 cm³/mol. The van der Waals surface area contributed by atoms with E-state index in [1.807, 2.05) is 84.9 Å². The van der Waals surface area contributed by atoms with E-state index in [-0.39, 0.29) is 36.6 Å². The topological polar surface area (TPSA) is 40.5 Å². The number of rotatable bonds is 1. The zero-order chi connectivity index (χ0) is 16.8. The number of benzene rings is 4. The molecule has 0 saturated carbocycles. The number of hydrogen-bond acceptors (Lipinski definition) is 2. The third-order valence-corrected chi connectivity index (χ3v) is 3.76. The Morgan fingerprint density at radius 2 is 1.00 bits per heavy atom. The van der Waals surface area contributed by atoms with Crippen molar-refractivity contribution in [2.75, 3.05) is 0 Å². The Bertz CT molecular complexity index is 932. The number of hydrogen-bond donors (Lipinski definition) is 2. The Kier molecular flexibility index (Phi) is 10.8. The maximum atomic E-state index is 9.56. The largest absolute Gasteiger partial charge is 2.00 e. The van der Waals surface area contributed by atoms with Crippen LogP contribution < -0.4 is 0 Å². The molecule has 0 heterocycles. The van der Waals surface area contributed by atoms with E-state index in [0.717, 1.165) is 21.9 Å². The van der Waals surface area contributed by atoms with E-state index in [0.29, 0.717) is 11.5 Å². The van der Waals surface area contributed by atoms with E-state index in [9.17, 15) is 10.2 Å². The fraction of sp³-hybridized carbons (Fsp3) is 0. The maximum Gasteiger partial charge on any atom is 2.00 e. The SMILES string of the molecule is Oc1cccc2ccccc12.Oc1ccccc1-c1ccccc1.[CH3-].[CH3-].[Ti+2]. The third kappa shape index (κ3) is 6.28. The van der Waals surface area contributed by atoms with Gasteiger partial charge < -0.3 is 25.1 Å². The van der Waals surface area contributed by atoms with Gasteiger partial charge in [0.25, 0.3) is 0 Å². The van der Waals surface area contributed by atoms with Crippen LogP contribution in [0.1, 0.15) is 0 Å². The molecule has 0 aliphatic rings. The molecule has 27 heavy (non-hydrogen) atoms. The van der Waals surface area contributed by atoms with Crippen LogP contribution >= 0.6 is 0 Å². The molecule has 4 aromatic carbocycles. The summed E-state index contributed by atoms with van der Waals surface area (Å²) in [7, 11) is 0. The summed E-state index contributed by atoms with van der Waals surface area (Å²) in [5.41, 5.74) is 1.92. The van der Waals surface area contributed by atoms with Crippen molar-refractivity contribution in [1.29, 1.82) is 0 Å². The van der Waals surface area contributed by atoms with Gasteiger partial charge in [-0.2, -0.15) is 0 Å². The molecule has 0 amide bonds. The summed E-state index contributed by atoms with van der Waals surface area (Å²) >= 11 is 0. The molecule has 0 aliphatic carbocycles. The van der Waals surface area contributed by atoms with Crippen molar-refractivity contribution in [2.45, 2.75) is 0 Å². The summed E-state index contributed by atoms with van der Waals surface area (Å²) in [5.74, 6) is 0.678. The quantitative estimate of drug-likeness (QED) is 0.287. The summed E-state index contributed by atoms with van der Waals surface area (Å²) in [4.78, 5) is 0. The third-order valence-electron chi connectivity index (χ3n) is 3.76. The summed E-state index contributed by atoms with van der Waals surface area (Å²) in [6.45, 7) is 0. The molecule has 4 aromatic rings. The molecule has 0 aromatic heterocycles. The minimum atomic E-state index is 0. The van der Waals surface area contributed by atoms with Crippen molar-refractivity contribution in [1.82, 2.24) is 0 Å². The molecule has 136 valence electrons. The molecule has 3 heteroatoms. The Morgan fingerprint density at radius 3 is 1.67 bits per heavy atom. The van der Waals surface area contributed by atoms with Crippen LogP contribution in [0.15, 0.2) is 97.1 Å². The van der Waals surface area contributed by atoms with Gasteiger partial charge in [-0.25, -0.2) is 0 Å². The van der Waals surface area contributed by atoms with Gasteiger partial charge in [-0.15, -0.1) is 0 Å². The van der Waals surface area contributed by atoms with Gasteiger partial charge in [0.15, 0.2) is 0 Å². The minimum absolute atomic E-state index is 0. The normalized spacial score (nSPS) is 8.89. The second kappa shape index (κ2) is 12.0. The predicted octanol–water partition coefficient (Wildman–Crippen LogP) is 6.50. The first-order valence-electron chi connectivity index (χ1n) is 7.76. The Balaban J connectivity index is 0.000000455. The van der Waals surface area contributed by atoms with E-state index in [2.05, 4.69) is 0 Å². The van der Waals surface area contributed by atoms with Gasteiger partial charge in [0.2, 0.25) is 0 Å². The van der Waals surface area contributed by atoms with Crippen LogP contribution in [0.3, 0.4) is 0 Å². The molecule has 2 nitrogen and oxygen atoms in total. The average molecular weight is 392 g/mol. The van der Waals surface area contributed by atoms with Crippen molar-refractivity contribution in [3.8, 4) is 22.6 Å². The van der Waals surface area contributed by atoms with Crippen LogP contribution in [-0.4, -0.2) is 10.2 Å². The van der Waals surface area contributed by atoms with Gasteiger partial charge in [-0.05, 0) is 23.1 Å². The number of fused-ring (bicyclic) bond motifs is 1. The summed E-state index contributed by atoms with van der Waals surface area (Å²) in [5, 5.41) is 20.9. The molecule has 0 aliphatic heterocycles. The number of phenolic OH excluding ortho intramolecular Hbond substituents is 2. The van der Waals surface area contributed by atoms with Crippen LogP contribution in [0.25, 0.3) is 21.9 Å². The number of aromatic hydroxyl groups is 2.